The smallest absolute Gasteiger partial charge is 0.220 e. The van der Waals surface area contributed by atoms with Crippen LogP contribution in [-0.2, 0) is 23.7 Å². The number of aliphatic hydroxyl groups is 8. The first-order valence-electron chi connectivity index (χ1n) is 34.3. The van der Waals surface area contributed by atoms with E-state index in [0.717, 1.165) is 83.5 Å². The van der Waals surface area contributed by atoms with Gasteiger partial charge in [-0.15, -0.1) is 0 Å². The van der Waals surface area contributed by atoms with Crippen molar-refractivity contribution in [3.8, 4) is 0 Å². The molecule has 2 heterocycles. The third-order valence-corrected chi connectivity index (χ3v) is 15.9. The highest BCUT2D eigenvalue weighted by Gasteiger charge is 2.51. The van der Waals surface area contributed by atoms with E-state index in [2.05, 4.69) is 129 Å². The van der Waals surface area contributed by atoms with Gasteiger partial charge >= 0.3 is 0 Å². The second-order valence-electron chi connectivity index (χ2n) is 23.6. The Morgan fingerprint density at radius 2 is 0.805 bits per heavy atom. The van der Waals surface area contributed by atoms with E-state index >= 15 is 0 Å². The van der Waals surface area contributed by atoms with Crippen molar-refractivity contribution >= 4 is 5.91 Å². The lowest BCUT2D eigenvalue weighted by Gasteiger charge is -2.46. The van der Waals surface area contributed by atoms with Gasteiger partial charge in [0.25, 0.3) is 0 Å². The van der Waals surface area contributed by atoms with E-state index < -0.39 is 86.8 Å². The standard InChI is InChI=1S/C73H123NO13/c1-3-5-7-9-11-13-15-17-18-19-20-21-22-23-24-25-26-27-28-29-30-31-32-33-34-35-36-37-38-39-40-41-42-43-44-45-47-49-51-53-55-57-65(78)74-61(62(77)56-54-52-50-48-46-16-14-12-10-8-6-4-2)60-84-72-70(83)68(81)71(64(59-76)86-72)87-73-69(82)67(80)66(79)63(58-75)85-73/h5,7,11,13,17-18,20-21,23-24,26-27,29-30,32-33,46,48,54,56,61-64,66-73,75-77,79-83H,3-4,6,8-10,12,14-16,19,22,25,28,31,34-45,47,49-53,55,57-60H2,1-2H3,(H,74,78)/b7-5-,13-11-,18-17-,21-20-,24-23-,27-26-,30-29-,33-32-,48-46+,56-54+. The fourth-order valence-corrected chi connectivity index (χ4v) is 10.4. The van der Waals surface area contributed by atoms with Crippen molar-refractivity contribution in [3.63, 3.8) is 0 Å². The zero-order valence-corrected chi connectivity index (χ0v) is 54.0. The molecule has 0 radical (unpaired) electrons. The molecule has 0 aromatic rings. The summed E-state index contributed by atoms with van der Waals surface area (Å²) in [6.07, 6.45) is 65.6. The van der Waals surface area contributed by atoms with Crippen LogP contribution in [0.2, 0.25) is 0 Å². The van der Waals surface area contributed by atoms with Crippen molar-refractivity contribution in [2.45, 2.75) is 312 Å². The van der Waals surface area contributed by atoms with Crippen LogP contribution in [0.25, 0.3) is 0 Å². The van der Waals surface area contributed by atoms with Gasteiger partial charge in [-0.2, -0.15) is 0 Å². The molecule has 0 aromatic carbocycles. The van der Waals surface area contributed by atoms with Gasteiger partial charge in [0.05, 0.1) is 32.0 Å². The second kappa shape index (κ2) is 56.4. The van der Waals surface area contributed by atoms with E-state index in [0.29, 0.717) is 12.8 Å². The number of amides is 1. The molecular formula is C73H123NO13. The summed E-state index contributed by atoms with van der Waals surface area (Å²) in [5.41, 5.74) is 0. The minimum Gasteiger partial charge on any atom is -0.394 e. The first-order valence-corrected chi connectivity index (χ1v) is 34.3. The summed E-state index contributed by atoms with van der Waals surface area (Å²) in [6.45, 7) is 2.63. The molecule has 9 N–H and O–H groups in total. The van der Waals surface area contributed by atoms with Crippen LogP contribution in [0, 0.1) is 0 Å². The van der Waals surface area contributed by atoms with Gasteiger partial charge in [0.2, 0.25) is 5.91 Å². The van der Waals surface area contributed by atoms with Gasteiger partial charge in [0.15, 0.2) is 12.6 Å². The summed E-state index contributed by atoms with van der Waals surface area (Å²) < 4.78 is 22.8. The minimum atomic E-state index is -1.79. The highest BCUT2D eigenvalue weighted by molar-refractivity contribution is 5.76. The van der Waals surface area contributed by atoms with Crippen LogP contribution >= 0.6 is 0 Å². The van der Waals surface area contributed by atoms with Gasteiger partial charge in [-0.25, -0.2) is 0 Å². The van der Waals surface area contributed by atoms with Gasteiger partial charge in [0, 0.05) is 6.42 Å². The van der Waals surface area contributed by atoms with Crippen LogP contribution < -0.4 is 5.32 Å². The number of carbonyl (C=O) groups is 1. The molecule has 0 saturated carbocycles. The van der Waals surface area contributed by atoms with Crippen molar-refractivity contribution in [3.05, 3.63) is 122 Å². The van der Waals surface area contributed by atoms with Crippen molar-refractivity contribution in [2.24, 2.45) is 0 Å². The third-order valence-electron chi connectivity index (χ3n) is 15.9. The number of nitrogens with one attached hydrogen (secondary N) is 1. The largest absolute Gasteiger partial charge is 0.394 e. The Labute approximate surface area is 527 Å². The first-order chi connectivity index (χ1) is 42.6. The van der Waals surface area contributed by atoms with Crippen molar-refractivity contribution < 1.29 is 64.6 Å². The molecule has 14 heteroatoms. The molecule has 1 amide bonds. The summed E-state index contributed by atoms with van der Waals surface area (Å²) >= 11 is 0. The van der Waals surface area contributed by atoms with Crippen molar-refractivity contribution in [2.75, 3.05) is 19.8 Å². The summed E-state index contributed by atoms with van der Waals surface area (Å²) in [4.78, 5) is 13.3. The maximum Gasteiger partial charge on any atom is 0.220 e. The molecule has 2 saturated heterocycles. The third kappa shape index (κ3) is 40.7. The van der Waals surface area contributed by atoms with Gasteiger partial charge in [0.1, 0.15) is 48.8 Å². The Kier molecular flexibility index (Phi) is 51.5. The Hall–Kier alpha value is -3.61. The number of rotatable bonds is 54. The molecule has 2 aliphatic heterocycles. The van der Waals surface area contributed by atoms with E-state index in [-0.39, 0.29) is 18.9 Å². The zero-order chi connectivity index (χ0) is 63.1. The summed E-state index contributed by atoms with van der Waals surface area (Å²) in [7, 11) is 0. The van der Waals surface area contributed by atoms with E-state index in [1.54, 1.807) is 6.08 Å². The molecule has 0 spiro atoms. The Balaban J connectivity index is 1.57. The fourth-order valence-electron chi connectivity index (χ4n) is 10.4. The highest BCUT2D eigenvalue weighted by atomic mass is 16.7. The number of carbonyl (C=O) groups excluding carboxylic acids is 1. The summed E-state index contributed by atoms with van der Waals surface area (Å²) in [6, 6.07) is -0.936. The maximum atomic E-state index is 13.3. The van der Waals surface area contributed by atoms with Crippen LogP contribution in [-0.4, -0.2) is 140 Å². The van der Waals surface area contributed by atoms with Crippen LogP contribution in [0.4, 0.5) is 0 Å². The average Bonchev–Trinajstić information content (AvgIpc) is 2.31. The number of ether oxygens (including phenoxy) is 4. The lowest BCUT2D eigenvalue weighted by Crippen LogP contribution is -2.65. The lowest BCUT2D eigenvalue weighted by atomic mass is 9.97. The normalized spacial score (nSPS) is 24.1. The molecule has 498 valence electrons. The van der Waals surface area contributed by atoms with Gasteiger partial charge in [-0.1, -0.05) is 257 Å². The molecule has 12 unspecified atom stereocenters. The quantitative estimate of drug-likeness (QED) is 0.0204. The monoisotopic (exact) mass is 1220 g/mol. The van der Waals surface area contributed by atoms with E-state index in [1.165, 1.54) is 122 Å². The minimum absolute atomic E-state index is 0.253. The number of aliphatic hydroxyl groups excluding tert-OH is 8. The fraction of sp³-hybridized carbons (Fsp3) is 0.712. The van der Waals surface area contributed by atoms with Crippen LogP contribution in [0.1, 0.15) is 239 Å². The van der Waals surface area contributed by atoms with E-state index in [4.69, 9.17) is 18.9 Å². The molecule has 14 nitrogen and oxygen atoms in total. The van der Waals surface area contributed by atoms with Gasteiger partial charge < -0.3 is 65.1 Å². The Morgan fingerprint density at radius 3 is 1.26 bits per heavy atom. The topological polar surface area (TPSA) is 228 Å². The summed E-state index contributed by atoms with van der Waals surface area (Å²) in [5, 5.41) is 87.1. The van der Waals surface area contributed by atoms with Gasteiger partial charge in [-0.3, -0.25) is 4.79 Å². The second-order valence-corrected chi connectivity index (χ2v) is 23.6. The average molecular weight is 1220 g/mol. The molecule has 2 fully saturated rings. The molecule has 0 aromatic heterocycles. The predicted octanol–water partition coefficient (Wildman–Crippen LogP) is 13.7. The molecule has 2 rings (SSSR count). The summed E-state index contributed by atoms with van der Waals surface area (Å²) in [5.74, 6) is -0.253. The van der Waals surface area contributed by atoms with Crippen molar-refractivity contribution in [1.29, 1.82) is 0 Å². The lowest BCUT2D eigenvalue weighted by molar-refractivity contribution is -0.359. The molecule has 0 aliphatic carbocycles. The Morgan fingerprint density at radius 1 is 0.425 bits per heavy atom. The molecule has 12 atom stereocenters. The maximum absolute atomic E-state index is 13.3. The SMILES string of the molecule is CC/C=C\C/C=C\C/C=C\C/C=C\C/C=C\C/C=C\C/C=C\C/C=C\CCCCCCCCCCCCCCCCCCC(=O)NC(COC1OC(CO)C(OC2OC(CO)C(O)C(O)C2O)C(O)C1O)C(O)/C=C/CC/C=C/CCCCCCCC. The number of unbranched alkanes of at least 4 members (excludes halogenated alkanes) is 23. The van der Waals surface area contributed by atoms with E-state index in [1.807, 2.05) is 6.08 Å². The van der Waals surface area contributed by atoms with Crippen LogP contribution in [0.15, 0.2) is 122 Å². The number of allylic oxidation sites excluding steroid dienone is 19. The Bertz CT molecular complexity index is 1920. The van der Waals surface area contributed by atoms with Crippen molar-refractivity contribution in [1.82, 2.24) is 5.32 Å². The molecule has 87 heavy (non-hydrogen) atoms. The number of hydrogen-bond acceptors (Lipinski definition) is 13. The van der Waals surface area contributed by atoms with E-state index in [9.17, 15) is 45.6 Å². The molecular weight excluding hydrogens is 1100 g/mol. The van der Waals surface area contributed by atoms with Gasteiger partial charge in [-0.05, 0) is 96.3 Å². The van der Waals surface area contributed by atoms with Crippen LogP contribution in [0.3, 0.4) is 0 Å². The zero-order valence-electron chi connectivity index (χ0n) is 54.0. The predicted molar refractivity (Wildman–Crippen MR) is 355 cm³/mol. The molecule has 2 aliphatic rings. The highest BCUT2D eigenvalue weighted by Crippen LogP contribution is 2.30. The van der Waals surface area contributed by atoms with Crippen LogP contribution in [0.5, 0.6) is 0 Å². The molecule has 0 bridgehead atoms. The number of hydrogen-bond donors (Lipinski definition) is 9. The first kappa shape index (κ1) is 79.5.